The van der Waals surface area contributed by atoms with E-state index < -0.39 is 0 Å². The summed E-state index contributed by atoms with van der Waals surface area (Å²) in [7, 11) is 0. The second kappa shape index (κ2) is 23.6. The number of thiol groups is 1. The van der Waals surface area contributed by atoms with E-state index in [4.69, 9.17) is 11.6 Å². The third kappa shape index (κ3) is 22.6. The molecule has 0 bridgehead atoms. The van der Waals surface area contributed by atoms with Gasteiger partial charge in [0.1, 0.15) is 0 Å². The highest BCUT2D eigenvalue weighted by Crippen LogP contribution is 2.14. The quantitative estimate of drug-likeness (QED) is 0.115. The van der Waals surface area contributed by atoms with Crippen LogP contribution in [-0.4, -0.2) is 11.6 Å². The normalized spacial score (nSPS) is 11.2. The van der Waals surface area contributed by atoms with Gasteiger partial charge in [0.2, 0.25) is 0 Å². The van der Waals surface area contributed by atoms with Gasteiger partial charge in [-0.3, -0.25) is 0 Å². The van der Waals surface area contributed by atoms with Crippen LogP contribution in [0.4, 0.5) is 0 Å². The lowest BCUT2D eigenvalue weighted by Crippen LogP contribution is -1.84. The summed E-state index contributed by atoms with van der Waals surface area (Å²) in [5.41, 5.74) is 0. The van der Waals surface area contributed by atoms with Gasteiger partial charge in [-0.1, -0.05) is 116 Å². The molecule has 0 fully saturated rings. The van der Waals surface area contributed by atoms with Crippen LogP contribution in [0.15, 0.2) is 0 Å². The van der Waals surface area contributed by atoms with Crippen LogP contribution >= 0.6 is 24.2 Å². The first-order valence-electron chi connectivity index (χ1n) is 11.1. The van der Waals surface area contributed by atoms with Gasteiger partial charge in [-0.05, 0) is 18.6 Å². The van der Waals surface area contributed by atoms with Gasteiger partial charge in [-0.25, -0.2) is 0 Å². The van der Waals surface area contributed by atoms with Crippen molar-refractivity contribution < 1.29 is 0 Å². The fourth-order valence-corrected chi connectivity index (χ4v) is 3.80. The predicted molar refractivity (Wildman–Crippen MR) is 117 cm³/mol. The third-order valence-corrected chi connectivity index (χ3v) is 5.63. The smallest absolute Gasteiger partial charge is 0.0223 e. The highest BCUT2D eigenvalue weighted by Gasteiger charge is 1.95. The lowest BCUT2D eigenvalue weighted by Gasteiger charge is -2.04. The molecule has 146 valence electrons. The van der Waals surface area contributed by atoms with Crippen molar-refractivity contribution in [3.05, 3.63) is 0 Å². The van der Waals surface area contributed by atoms with Crippen LogP contribution in [-0.2, 0) is 0 Å². The molecule has 0 N–H and O–H groups in total. The van der Waals surface area contributed by atoms with Gasteiger partial charge in [0.15, 0.2) is 0 Å². The van der Waals surface area contributed by atoms with E-state index in [9.17, 15) is 0 Å². The van der Waals surface area contributed by atoms with Crippen LogP contribution in [0.25, 0.3) is 0 Å². The Labute approximate surface area is 164 Å². The van der Waals surface area contributed by atoms with Crippen LogP contribution < -0.4 is 0 Å². The van der Waals surface area contributed by atoms with Crippen molar-refractivity contribution in [3.63, 3.8) is 0 Å². The number of rotatable bonds is 21. The van der Waals surface area contributed by atoms with Crippen LogP contribution in [0.2, 0.25) is 0 Å². The van der Waals surface area contributed by atoms with Gasteiger partial charge in [0.25, 0.3) is 0 Å². The van der Waals surface area contributed by atoms with E-state index in [-0.39, 0.29) is 0 Å². The monoisotopic (exact) mass is 376 g/mol. The zero-order chi connectivity index (χ0) is 17.6. The molecule has 0 unspecified atom stereocenters. The molecule has 24 heavy (non-hydrogen) atoms. The summed E-state index contributed by atoms with van der Waals surface area (Å²) in [5, 5.41) is 0. The molecule has 0 heterocycles. The first-order valence-corrected chi connectivity index (χ1v) is 12.3. The molecule has 0 aromatic rings. The lowest BCUT2D eigenvalue weighted by molar-refractivity contribution is 0.523. The molecule has 0 spiro atoms. The maximum atomic E-state index is 5.69. The molecular weight excluding hydrogens is 332 g/mol. The first-order chi connectivity index (χ1) is 11.9. The van der Waals surface area contributed by atoms with Crippen molar-refractivity contribution in [1.82, 2.24) is 0 Å². The maximum Gasteiger partial charge on any atom is 0.0223 e. The Morgan fingerprint density at radius 2 is 0.542 bits per heavy atom. The number of alkyl halides is 1. The molecule has 0 rings (SSSR count). The molecule has 0 atom stereocenters. The molecule has 0 aliphatic heterocycles. The summed E-state index contributed by atoms with van der Waals surface area (Å²) < 4.78 is 0. The fraction of sp³-hybridized carbons (Fsp3) is 1.00. The minimum absolute atomic E-state index is 0.844. The molecule has 0 radical (unpaired) electrons. The number of hydrogen-bond donors (Lipinski definition) is 1. The molecule has 0 aromatic carbocycles. The molecule has 0 saturated carbocycles. The summed E-state index contributed by atoms with van der Waals surface area (Å²) >= 11 is 9.94. The SMILES string of the molecule is SCCCCCCCCCCCCCCCCCCCCCCCl. The van der Waals surface area contributed by atoms with E-state index >= 15 is 0 Å². The van der Waals surface area contributed by atoms with Gasteiger partial charge in [0, 0.05) is 5.88 Å². The average molecular weight is 377 g/mol. The van der Waals surface area contributed by atoms with Gasteiger partial charge < -0.3 is 0 Å². The minimum Gasteiger partial charge on any atom is -0.179 e. The van der Waals surface area contributed by atoms with Gasteiger partial charge >= 0.3 is 0 Å². The van der Waals surface area contributed by atoms with E-state index in [1.165, 1.54) is 128 Å². The molecule has 0 saturated heterocycles. The van der Waals surface area contributed by atoms with Crippen LogP contribution in [0.3, 0.4) is 0 Å². The fourth-order valence-electron chi connectivity index (χ4n) is 3.39. The number of hydrogen-bond acceptors (Lipinski definition) is 1. The van der Waals surface area contributed by atoms with E-state index in [1.807, 2.05) is 0 Å². The lowest BCUT2D eigenvalue weighted by atomic mass is 10.0. The Morgan fingerprint density at radius 1 is 0.333 bits per heavy atom. The van der Waals surface area contributed by atoms with Crippen molar-refractivity contribution in [2.45, 2.75) is 128 Å². The van der Waals surface area contributed by atoms with E-state index in [1.54, 1.807) is 0 Å². The summed E-state index contributed by atoms with van der Waals surface area (Å²) in [6.07, 6.45) is 28.5. The van der Waals surface area contributed by atoms with Gasteiger partial charge in [-0.2, -0.15) is 12.6 Å². The van der Waals surface area contributed by atoms with E-state index in [0.29, 0.717) is 0 Å². The Morgan fingerprint density at radius 3 is 0.750 bits per heavy atom. The Bertz CT molecular complexity index is 186. The molecule has 0 aliphatic rings. The molecule has 0 nitrogen and oxygen atoms in total. The largest absolute Gasteiger partial charge is 0.179 e. The molecule has 0 amide bonds. The Kier molecular flexibility index (Phi) is 24.3. The minimum atomic E-state index is 0.844. The highest BCUT2D eigenvalue weighted by atomic mass is 35.5. The van der Waals surface area contributed by atoms with Crippen LogP contribution in [0.1, 0.15) is 128 Å². The molecule has 2 heteroatoms. The van der Waals surface area contributed by atoms with Crippen molar-refractivity contribution in [2.24, 2.45) is 0 Å². The van der Waals surface area contributed by atoms with Crippen molar-refractivity contribution in [3.8, 4) is 0 Å². The maximum absolute atomic E-state index is 5.69. The van der Waals surface area contributed by atoms with Crippen molar-refractivity contribution >= 4 is 24.2 Å². The van der Waals surface area contributed by atoms with E-state index in [0.717, 1.165) is 11.6 Å². The molecule has 0 aromatic heterocycles. The van der Waals surface area contributed by atoms with Crippen LogP contribution in [0, 0.1) is 0 Å². The predicted octanol–water partition coefficient (Wildman–Crippen LogP) is 8.96. The van der Waals surface area contributed by atoms with Crippen molar-refractivity contribution in [1.29, 1.82) is 0 Å². The Balaban J connectivity index is 2.93. The summed E-state index contributed by atoms with van der Waals surface area (Å²) in [4.78, 5) is 0. The number of unbranched alkanes of at least 4 members (excludes halogenated alkanes) is 19. The first kappa shape index (κ1) is 24.6. The zero-order valence-electron chi connectivity index (χ0n) is 16.4. The second-order valence-corrected chi connectivity index (χ2v) is 8.31. The third-order valence-electron chi connectivity index (χ3n) is 5.04. The summed E-state index contributed by atoms with van der Waals surface area (Å²) in [6, 6.07) is 0. The summed E-state index contributed by atoms with van der Waals surface area (Å²) in [6.45, 7) is 0. The number of halogens is 1. The zero-order valence-corrected chi connectivity index (χ0v) is 18.0. The molecule has 0 aliphatic carbocycles. The van der Waals surface area contributed by atoms with Gasteiger partial charge in [-0.15, -0.1) is 11.6 Å². The van der Waals surface area contributed by atoms with Crippen molar-refractivity contribution in [2.75, 3.05) is 11.6 Å². The van der Waals surface area contributed by atoms with E-state index in [2.05, 4.69) is 12.6 Å². The molecular formula is C22H45ClS. The highest BCUT2D eigenvalue weighted by molar-refractivity contribution is 7.80. The standard InChI is InChI=1S/C22H45ClS/c23-21-19-17-15-13-11-9-7-5-3-1-2-4-6-8-10-12-14-16-18-20-22-24/h24H,1-22H2. The topological polar surface area (TPSA) is 0 Å². The Hall–Kier alpha value is 0.640. The van der Waals surface area contributed by atoms with Gasteiger partial charge in [0.05, 0.1) is 0 Å². The summed E-state index contributed by atoms with van der Waals surface area (Å²) in [5.74, 6) is 1.91. The average Bonchev–Trinajstić information content (AvgIpc) is 2.60. The second-order valence-electron chi connectivity index (χ2n) is 7.48. The van der Waals surface area contributed by atoms with Crippen LogP contribution in [0.5, 0.6) is 0 Å².